The van der Waals surface area contributed by atoms with Crippen molar-refractivity contribution in [3.05, 3.63) is 82.4 Å². The maximum absolute atomic E-state index is 12.8. The fourth-order valence-electron chi connectivity index (χ4n) is 3.00. The summed E-state index contributed by atoms with van der Waals surface area (Å²) < 4.78 is 35.5. The number of nitrogens with zero attached hydrogens (tertiary/aromatic N) is 2. The van der Waals surface area contributed by atoms with E-state index < -0.39 is 17.5 Å². The Hall–Kier alpha value is -4.14. The van der Waals surface area contributed by atoms with Crippen LogP contribution >= 0.6 is 0 Å². The molecule has 0 N–H and O–H groups in total. The van der Waals surface area contributed by atoms with Crippen molar-refractivity contribution >= 4 is 33.5 Å². The van der Waals surface area contributed by atoms with Crippen LogP contribution in [0.15, 0.2) is 66.7 Å². The van der Waals surface area contributed by atoms with Gasteiger partial charge in [-0.05, 0) is 36.4 Å². The summed E-state index contributed by atoms with van der Waals surface area (Å²) in [4.78, 5) is 27.3. The molecule has 0 saturated heterocycles. The molecule has 0 radical (unpaired) electrons. The van der Waals surface area contributed by atoms with E-state index in [0.717, 1.165) is 0 Å². The minimum Gasteiger partial charge on any atom is -0.432 e. The number of carbonyl (C=O) groups is 1. The number of hydrogen-bond donors (Lipinski definition) is 0. The molecule has 3 aromatic carbocycles. The number of hydrogen-bond acceptors (Lipinski definition) is 6. The number of fused-ring (bicyclic) bond motifs is 2. The third-order valence-electron chi connectivity index (χ3n) is 4.34. The van der Waals surface area contributed by atoms with Gasteiger partial charge < -0.3 is 9.47 Å². The van der Waals surface area contributed by atoms with Gasteiger partial charge in [-0.1, -0.05) is 18.2 Å². The summed E-state index contributed by atoms with van der Waals surface area (Å²) in [5.41, 5.74) is 0.574. The largest absolute Gasteiger partial charge is 0.432 e. The number of aromatic nitrogens is 1. The first kappa shape index (κ1) is 19.2. The van der Waals surface area contributed by atoms with E-state index in [9.17, 15) is 23.7 Å². The first-order chi connectivity index (χ1) is 14.4. The van der Waals surface area contributed by atoms with Crippen LogP contribution in [-0.2, 0) is 0 Å². The van der Waals surface area contributed by atoms with E-state index in [1.54, 1.807) is 30.3 Å². The summed E-state index contributed by atoms with van der Waals surface area (Å²) in [6, 6.07) is 16.2. The van der Waals surface area contributed by atoms with Crippen LogP contribution in [0.3, 0.4) is 0 Å². The molecule has 7 nitrogen and oxygen atoms in total. The average molecular weight is 410 g/mol. The summed E-state index contributed by atoms with van der Waals surface area (Å²) in [5, 5.41) is 11.7. The van der Waals surface area contributed by atoms with Gasteiger partial charge in [-0.3, -0.25) is 10.1 Å². The molecule has 0 spiro atoms. The Labute approximate surface area is 167 Å². The molecule has 0 atom stereocenters. The number of pyridine rings is 1. The number of halogens is 2. The molecule has 9 heteroatoms. The summed E-state index contributed by atoms with van der Waals surface area (Å²) in [7, 11) is 0. The monoisotopic (exact) mass is 410 g/mol. The lowest BCUT2D eigenvalue weighted by atomic mass is 10.0. The van der Waals surface area contributed by atoms with E-state index in [1.165, 1.54) is 36.4 Å². The molecule has 0 saturated carbocycles. The van der Waals surface area contributed by atoms with Gasteiger partial charge in [0.2, 0.25) is 0 Å². The highest BCUT2D eigenvalue weighted by molar-refractivity contribution is 6.08. The van der Waals surface area contributed by atoms with Crippen LogP contribution in [0.4, 0.5) is 14.5 Å². The zero-order valence-corrected chi connectivity index (χ0v) is 15.1. The van der Waals surface area contributed by atoms with Gasteiger partial charge in [0, 0.05) is 22.9 Å². The molecule has 0 fully saturated rings. The molecule has 30 heavy (non-hydrogen) atoms. The second-order valence-corrected chi connectivity index (χ2v) is 6.21. The number of benzene rings is 3. The molecule has 0 aliphatic heterocycles. The summed E-state index contributed by atoms with van der Waals surface area (Å²) in [6.45, 7) is -3.06. The normalized spacial score (nSPS) is 11.0. The Morgan fingerprint density at radius 3 is 2.47 bits per heavy atom. The van der Waals surface area contributed by atoms with Crippen LogP contribution in [-0.4, -0.2) is 22.5 Å². The minimum atomic E-state index is -3.06. The predicted octanol–water partition coefficient (Wildman–Crippen LogP) is 5.12. The number of esters is 1. The van der Waals surface area contributed by atoms with Crippen molar-refractivity contribution in [2.45, 2.75) is 6.61 Å². The van der Waals surface area contributed by atoms with Crippen molar-refractivity contribution < 1.29 is 28.0 Å². The number of nitro benzene ring substituents is 1. The lowest BCUT2D eigenvalue weighted by Gasteiger charge is -2.12. The van der Waals surface area contributed by atoms with Crippen LogP contribution in [0.2, 0.25) is 0 Å². The van der Waals surface area contributed by atoms with Crippen LogP contribution in [0, 0.1) is 10.1 Å². The number of nitro groups is 1. The van der Waals surface area contributed by atoms with Crippen molar-refractivity contribution in [1.82, 2.24) is 4.98 Å². The van der Waals surface area contributed by atoms with Gasteiger partial charge in [-0.2, -0.15) is 8.78 Å². The molecule has 150 valence electrons. The molecular weight excluding hydrogens is 398 g/mol. The molecule has 1 aromatic heterocycles. The third kappa shape index (κ3) is 3.72. The highest BCUT2D eigenvalue weighted by Crippen LogP contribution is 2.32. The molecule has 0 bridgehead atoms. The highest BCUT2D eigenvalue weighted by atomic mass is 19.3. The molecule has 4 aromatic rings. The molecule has 1 heterocycles. The quantitative estimate of drug-likeness (QED) is 0.149. The minimum absolute atomic E-state index is 0.0863. The maximum Gasteiger partial charge on any atom is 0.387 e. The Bertz CT molecular complexity index is 1280. The van der Waals surface area contributed by atoms with Crippen molar-refractivity contribution in [3.8, 4) is 11.5 Å². The molecule has 0 aliphatic carbocycles. The standard InChI is InChI=1S/C21H12F2N2O5/c22-21(23)30-18-10-9-15(16-11-12-3-1-2-4-17(12)24-19(16)18)20(26)29-14-7-5-13(6-8-14)25(27)28/h1-11,21H. The summed E-state index contributed by atoms with van der Waals surface area (Å²) in [5.74, 6) is -0.840. The maximum atomic E-state index is 12.8. The van der Waals surface area contributed by atoms with Gasteiger partial charge in [0.25, 0.3) is 5.69 Å². The average Bonchev–Trinajstić information content (AvgIpc) is 2.72. The van der Waals surface area contributed by atoms with E-state index in [0.29, 0.717) is 10.9 Å². The highest BCUT2D eigenvalue weighted by Gasteiger charge is 2.19. The number of para-hydroxylation sites is 1. The van der Waals surface area contributed by atoms with Gasteiger partial charge >= 0.3 is 12.6 Å². The van der Waals surface area contributed by atoms with Crippen LogP contribution in [0.5, 0.6) is 11.5 Å². The van der Waals surface area contributed by atoms with E-state index in [4.69, 9.17) is 4.74 Å². The molecule has 0 aliphatic rings. The Morgan fingerprint density at radius 1 is 1.03 bits per heavy atom. The number of alkyl halides is 2. The van der Waals surface area contributed by atoms with Gasteiger partial charge in [0.05, 0.1) is 16.0 Å². The number of non-ortho nitro benzene ring substituents is 1. The van der Waals surface area contributed by atoms with E-state index >= 15 is 0 Å². The Kier molecular flexibility index (Phi) is 4.93. The van der Waals surface area contributed by atoms with E-state index in [1.807, 2.05) is 0 Å². The smallest absolute Gasteiger partial charge is 0.387 e. The Balaban J connectivity index is 1.78. The zero-order valence-electron chi connectivity index (χ0n) is 15.1. The predicted molar refractivity (Wildman–Crippen MR) is 104 cm³/mol. The topological polar surface area (TPSA) is 91.6 Å². The summed E-state index contributed by atoms with van der Waals surface area (Å²) >= 11 is 0. The lowest BCUT2D eigenvalue weighted by Crippen LogP contribution is -2.10. The molecule has 0 unspecified atom stereocenters. The fraction of sp³-hybridized carbons (Fsp3) is 0.0476. The van der Waals surface area contributed by atoms with Crippen LogP contribution < -0.4 is 9.47 Å². The van der Waals surface area contributed by atoms with Gasteiger partial charge in [0.1, 0.15) is 11.3 Å². The van der Waals surface area contributed by atoms with Crippen LogP contribution in [0.1, 0.15) is 10.4 Å². The number of rotatable bonds is 5. The Morgan fingerprint density at radius 2 is 1.77 bits per heavy atom. The SMILES string of the molecule is O=C(Oc1ccc([N+](=O)[O-])cc1)c1ccc(OC(F)F)c2nc3ccccc3cc12. The first-order valence-electron chi connectivity index (χ1n) is 8.66. The zero-order chi connectivity index (χ0) is 21.3. The lowest BCUT2D eigenvalue weighted by molar-refractivity contribution is -0.384. The van der Waals surface area contributed by atoms with Crippen molar-refractivity contribution in [2.24, 2.45) is 0 Å². The van der Waals surface area contributed by atoms with Crippen LogP contribution in [0.25, 0.3) is 21.8 Å². The van der Waals surface area contributed by atoms with Gasteiger partial charge in [0.15, 0.2) is 5.75 Å². The third-order valence-corrected chi connectivity index (χ3v) is 4.34. The van der Waals surface area contributed by atoms with Crippen molar-refractivity contribution in [2.75, 3.05) is 0 Å². The van der Waals surface area contributed by atoms with Gasteiger partial charge in [-0.25, -0.2) is 9.78 Å². The molecule has 4 rings (SSSR count). The second-order valence-electron chi connectivity index (χ2n) is 6.21. The van der Waals surface area contributed by atoms with Crippen molar-refractivity contribution in [1.29, 1.82) is 0 Å². The molecular formula is C21H12F2N2O5. The summed E-state index contributed by atoms with van der Waals surface area (Å²) in [6.07, 6.45) is 0. The number of ether oxygens (including phenoxy) is 2. The van der Waals surface area contributed by atoms with Crippen molar-refractivity contribution in [3.63, 3.8) is 0 Å². The fourth-order valence-corrected chi connectivity index (χ4v) is 3.00. The van der Waals surface area contributed by atoms with E-state index in [-0.39, 0.29) is 33.7 Å². The first-order valence-corrected chi connectivity index (χ1v) is 8.66. The molecule has 0 amide bonds. The second kappa shape index (κ2) is 7.70. The van der Waals surface area contributed by atoms with E-state index in [2.05, 4.69) is 9.72 Å². The van der Waals surface area contributed by atoms with Gasteiger partial charge in [-0.15, -0.1) is 0 Å². The number of carbonyl (C=O) groups excluding carboxylic acids is 1.